The van der Waals surface area contributed by atoms with Crippen LogP contribution in [-0.4, -0.2) is 36.6 Å². The summed E-state index contributed by atoms with van der Waals surface area (Å²) in [5, 5.41) is 19.2. The third-order valence-electron chi connectivity index (χ3n) is 3.45. The van der Waals surface area contributed by atoms with E-state index in [0.29, 0.717) is 16.9 Å². The van der Waals surface area contributed by atoms with Crippen molar-refractivity contribution in [2.45, 2.75) is 31.8 Å². The van der Waals surface area contributed by atoms with E-state index in [1.807, 2.05) is 38.5 Å². The molecule has 0 bridgehead atoms. The van der Waals surface area contributed by atoms with Crippen molar-refractivity contribution in [1.29, 1.82) is 0 Å². The van der Waals surface area contributed by atoms with Gasteiger partial charge in [-0.15, -0.1) is 15.3 Å². The van der Waals surface area contributed by atoms with Crippen LogP contribution in [0.4, 0.5) is 6.01 Å². The van der Waals surface area contributed by atoms with Gasteiger partial charge in [-0.1, -0.05) is 30.7 Å². The van der Waals surface area contributed by atoms with Gasteiger partial charge in [0.05, 0.1) is 17.6 Å². The van der Waals surface area contributed by atoms with Gasteiger partial charge in [0.25, 0.3) is 0 Å². The lowest BCUT2D eigenvalue weighted by molar-refractivity contribution is -0.113. The Labute approximate surface area is 148 Å². The summed E-state index contributed by atoms with van der Waals surface area (Å²) in [4.78, 5) is 12.0. The zero-order valence-electron chi connectivity index (χ0n) is 14.3. The fourth-order valence-corrected chi connectivity index (χ4v) is 2.81. The van der Waals surface area contributed by atoms with Gasteiger partial charge in [0.15, 0.2) is 11.0 Å². The molecule has 0 spiro atoms. The zero-order valence-corrected chi connectivity index (χ0v) is 15.1. The summed E-state index contributed by atoms with van der Waals surface area (Å²) in [5.74, 6) is 1.94. The number of aromatic nitrogens is 5. The quantitative estimate of drug-likeness (QED) is 0.666. The van der Waals surface area contributed by atoms with E-state index in [2.05, 4.69) is 25.7 Å². The average molecular weight is 362 g/mol. The number of carbonyl (C=O) groups is 1. The lowest BCUT2D eigenvalue weighted by atomic mass is 10.2. The highest BCUT2D eigenvalue weighted by molar-refractivity contribution is 7.99. The second-order valence-corrected chi connectivity index (χ2v) is 6.64. The lowest BCUT2D eigenvalue weighted by Gasteiger charge is -2.03. The summed E-state index contributed by atoms with van der Waals surface area (Å²) in [6.45, 7) is 5.73. The minimum atomic E-state index is -0.256. The molecule has 0 saturated carbocycles. The van der Waals surface area contributed by atoms with E-state index in [4.69, 9.17) is 8.83 Å². The monoisotopic (exact) mass is 362 g/mol. The molecule has 3 aromatic heterocycles. The summed E-state index contributed by atoms with van der Waals surface area (Å²) in [6, 6.07) is 1.93. The van der Waals surface area contributed by atoms with Crippen LogP contribution in [0.25, 0.3) is 11.4 Å². The minimum absolute atomic E-state index is 0.0991. The molecule has 132 valence electrons. The predicted molar refractivity (Wildman–Crippen MR) is 91.2 cm³/mol. The topological polar surface area (TPSA) is 112 Å². The van der Waals surface area contributed by atoms with E-state index < -0.39 is 0 Å². The second kappa shape index (κ2) is 7.09. The standard InChI is InChI=1S/C15H18N6O3S/c1-8(2)13-18-19-14(24-13)16-11(22)7-25-15-20-17-12(21(15)4)10-5-6-23-9(10)3/h5-6,8H,7H2,1-4H3,(H,16,19,22). The number of hydrogen-bond donors (Lipinski definition) is 1. The molecular formula is C15H18N6O3S. The first-order valence-electron chi connectivity index (χ1n) is 7.65. The number of anilines is 1. The van der Waals surface area contributed by atoms with Crippen LogP contribution in [0.5, 0.6) is 0 Å². The summed E-state index contributed by atoms with van der Waals surface area (Å²) < 4.78 is 12.5. The maximum Gasteiger partial charge on any atom is 0.322 e. The first kappa shape index (κ1) is 17.2. The van der Waals surface area contributed by atoms with E-state index in [-0.39, 0.29) is 23.6 Å². The Morgan fingerprint density at radius 1 is 1.32 bits per heavy atom. The Balaban J connectivity index is 1.61. The normalized spacial score (nSPS) is 11.2. The fourth-order valence-electron chi connectivity index (χ4n) is 2.10. The molecule has 0 atom stereocenters. The molecule has 3 rings (SSSR count). The maximum atomic E-state index is 12.0. The summed E-state index contributed by atoms with van der Waals surface area (Å²) in [5.41, 5.74) is 0.873. The highest BCUT2D eigenvalue weighted by atomic mass is 32.2. The number of nitrogens with zero attached hydrogens (tertiary/aromatic N) is 5. The van der Waals surface area contributed by atoms with E-state index >= 15 is 0 Å². The number of rotatable bonds is 6. The third kappa shape index (κ3) is 3.73. The van der Waals surface area contributed by atoms with Gasteiger partial charge in [-0.05, 0) is 13.0 Å². The van der Waals surface area contributed by atoms with E-state index in [0.717, 1.165) is 11.3 Å². The number of furan rings is 1. The van der Waals surface area contributed by atoms with Crippen molar-refractivity contribution in [1.82, 2.24) is 25.0 Å². The van der Waals surface area contributed by atoms with Crippen molar-refractivity contribution in [3.05, 3.63) is 24.0 Å². The van der Waals surface area contributed by atoms with Crippen LogP contribution in [0.2, 0.25) is 0 Å². The number of hydrogen-bond acceptors (Lipinski definition) is 8. The SMILES string of the molecule is Cc1occc1-c1nnc(SCC(=O)Nc2nnc(C(C)C)o2)n1C. The molecule has 0 fully saturated rings. The molecule has 0 aliphatic heterocycles. The van der Waals surface area contributed by atoms with E-state index in [1.54, 1.807) is 6.26 Å². The highest BCUT2D eigenvalue weighted by Crippen LogP contribution is 2.25. The lowest BCUT2D eigenvalue weighted by Crippen LogP contribution is -2.14. The van der Waals surface area contributed by atoms with Crippen LogP contribution in [0.1, 0.15) is 31.4 Å². The van der Waals surface area contributed by atoms with Gasteiger partial charge < -0.3 is 13.4 Å². The molecule has 0 radical (unpaired) electrons. The number of thioether (sulfide) groups is 1. The number of nitrogens with one attached hydrogen (secondary N) is 1. The molecule has 1 amide bonds. The molecule has 0 aromatic carbocycles. The molecule has 9 nitrogen and oxygen atoms in total. The van der Waals surface area contributed by atoms with Crippen molar-refractivity contribution in [3.8, 4) is 11.4 Å². The maximum absolute atomic E-state index is 12.0. The van der Waals surface area contributed by atoms with Crippen LogP contribution in [0, 0.1) is 6.92 Å². The van der Waals surface area contributed by atoms with Crippen LogP contribution in [-0.2, 0) is 11.8 Å². The first-order chi connectivity index (χ1) is 12.0. The van der Waals surface area contributed by atoms with E-state index in [9.17, 15) is 4.79 Å². The third-order valence-corrected chi connectivity index (χ3v) is 4.47. The molecule has 10 heteroatoms. The van der Waals surface area contributed by atoms with E-state index in [1.165, 1.54) is 11.8 Å². The predicted octanol–water partition coefficient (Wildman–Crippen LogP) is 2.62. The highest BCUT2D eigenvalue weighted by Gasteiger charge is 2.17. The molecule has 3 heterocycles. The van der Waals surface area contributed by atoms with Crippen LogP contribution in [0.15, 0.2) is 26.3 Å². The van der Waals surface area contributed by atoms with Gasteiger partial charge in [-0.3, -0.25) is 10.1 Å². The second-order valence-electron chi connectivity index (χ2n) is 5.69. The first-order valence-corrected chi connectivity index (χ1v) is 8.64. The van der Waals surface area contributed by atoms with Crippen LogP contribution in [0.3, 0.4) is 0 Å². The van der Waals surface area contributed by atoms with Crippen molar-refractivity contribution >= 4 is 23.7 Å². The molecule has 0 saturated heterocycles. The van der Waals surface area contributed by atoms with Crippen molar-refractivity contribution in [2.75, 3.05) is 11.1 Å². The molecule has 3 aromatic rings. The molecule has 0 unspecified atom stereocenters. The number of carbonyl (C=O) groups excluding carboxylic acids is 1. The van der Waals surface area contributed by atoms with Crippen molar-refractivity contribution < 1.29 is 13.6 Å². The minimum Gasteiger partial charge on any atom is -0.469 e. The Bertz CT molecular complexity index is 882. The van der Waals surface area contributed by atoms with Crippen molar-refractivity contribution in [2.24, 2.45) is 7.05 Å². The summed E-state index contributed by atoms with van der Waals surface area (Å²) >= 11 is 1.27. The van der Waals surface area contributed by atoms with Gasteiger partial charge >= 0.3 is 6.01 Å². The molecule has 0 aliphatic carbocycles. The Hall–Kier alpha value is -2.62. The molecule has 25 heavy (non-hydrogen) atoms. The van der Waals surface area contributed by atoms with Gasteiger partial charge in [0.1, 0.15) is 5.76 Å². The smallest absolute Gasteiger partial charge is 0.322 e. The van der Waals surface area contributed by atoms with Gasteiger partial charge in [0, 0.05) is 13.0 Å². The number of aryl methyl sites for hydroxylation is 1. The fraction of sp³-hybridized carbons (Fsp3) is 0.400. The summed E-state index contributed by atoms with van der Waals surface area (Å²) in [7, 11) is 1.84. The Kier molecular flexibility index (Phi) is 4.88. The zero-order chi connectivity index (χ0) is 18.0. The average Bonchev–Trinajstić information content (AvgIpc) is 3.26. The molecular weight excluding hydrogens is 344 g/mol. The van der Waals surface area contributed by atoms with Crippen LogP contribution < -0.4 is 5.32 Å². The molecule has 0 aliphatic rings. The largest absolute Gasteiger partial charge is 0.469 e. The number of amides is 1. The molecule has 1 N–H and O–H groups in total. The van der Waals surface area contributed by atoms with Crippen molar-refractivity contribution in [3.63, 3.8) is 0 Å². The van der Waals surface area contributed by atoms with Gasteiger partial charge in [0.2, 0.25) is 11.8 Å². The summed E-state index contributed by atoms with van der Waals surface area (Å²) in [6.07, 6.45) is 1.61. The Morgan fingerprint density at radius 2 is 2.12 bits per heavy atom. The van der Waals surface area contributed by atoms with Crippen LogP contribution >= 0.6 is 11.8 Å². The Morgan fingerprint density at radius 3 is 2.76 bits per heavy atom. The van der Waals surface area contributed by atoms with Gasteiger partial charge in [-0.25, -0.2) is 0 Å². The van der Waals surface area contributed by atoms with Gasteiger partial charge in [-0.2, -0.15) is 0 Å².